The predicted octanol–water partition coefficient (Wildman–Crippen LogP) is 2.07. The van der Waals surface area contributed by atoms with Crippen LogP contribution in [0.4, 0.5) is 4.39 Å². The molecule has 1 heterocycles. The molecule has 0 bridgehead atoms. The van der Waals surface area contributed by atoms with Crippen LogP contribution in [0.1, 0.15) is 29.3 Å². The van der Waals surface area contributed by atoms with Gasteiger partial charge in [0.2, 0.25) is 0 Å². The molecule has 1 N–H and O–H groups in total. The van der Waals surface area contributed by atoms with Crippen molar-refractivity contribution in [2.75, 3.05) is 13.1 Å². The van der Waals surface area contributed by atoms with Gasteiger partial charge in [0.25, 0.3) is 5.91 Å². The number of carboxylic acid groups (broad SMARTS) is 1. The van der Waals surface area contributed by atoms with Crippen molar-refractivity contribution in [3.05, 3.63) is 35.1 Å². The molecule has 0 saturated carbocycles. The number of amides is 1. The molecule has 102 valence electrons. The van der Waals surface area contributed by atoms with Gasteiger partial charge in [0.1, 0.15) is 5.82 Å². The third-order valence-electron chi connectivity index (χ3n) is 3.77. The van der Waals surface area contributed by atoms with Gasteiger partial charge in [-0.25, -0.2) is 4.39 Å². The van der Waals surface area contributed by atoms with E-state index in [1.165, 1.54) is 17.0 Å². The monoisotopic (exact) mass is 265 g/mol. The molecular formula is C14H16FNO3. The largest absolute Gasteiger partial charge is 0.481 e. The minimum absolute atomic E-state index is 0.164. The number of benzene rings is 1. The standard InChI is InChI=1S/C14H16FNO3/c1-9-10(4-3-5-11(9)15)12(17)16-7-6-14(2,8-16)13(18)19/h3-5H,6-8H2,1-2H3,(H,18,19). The van der Waals surface area contributed by atoms with Crippen LogP contribution in [0.5, 0.6) is 0 Å². The summed E-state index contributed by atoms with van der Waals surface area (Å²) in [5.74, 6) is -1.63. The zero-order chi connectivity index (χ0) is 14.2. The summed E-state index contributed by atoms with van der Waals surface area (Å²) >= 11 is 0. The van der Waals surface area contributed by atoms with E-state index in [1.54, 1.807) is 19.9 Å². The molecule has 1 unspecified atom stereocenters. The van der Waals surface area contributed by atoms with Crippen molar-refractivity contribution in [1.29, 1.82) is 0 Å². The van der Waals surface area contributed by atoms with Gasteiger partial charge in [-0.05, 0) is 38.0 Å². The number of carbonyl (C=O) groups excluding carboxylic acids is 1. The zero-order valence-electron chi connectivity index (χ0n) is 10.9. The topological polar surface area (TPSA) is 57.6 Å². The molecule has 1 atom stereocenters. The Balaban J connectivity index is 2.23. The second-order valence-corrected chi connectivity index (χ2v) is 5.25. The quantitative estimate of drug-likeness (QED) is 0.890. The molecule has 1 aromatic carbocycles. The number of nitrogens with zero attached hydrogens (tertiary/aromatic N) is 1. The number of likely N-dealkylation sites (tertiary alicyclic amines) is 1. The molecule has 5 heteroatoms. The molecule has 1 saturated heterocycles. The van der Waals surface area contributed by atoms with Crippen LogP contribution in [-0.4, -0.2) is 35.0 Å². The number of carboxylic acids is 1. The Labute approximate surface area is 110 Å². The third kappa shape index (κ3) is 2.32. The molecule has 2 rings (SSSR count). The van der Waals surface area contributed by atoms with E-state index in [2.05, 4.69) is 0 Å². The highest BCUT2D eigenvalue weighted by Gasteiger charge is 2.42. The lowest BCUT2D eigenvalue weighted by molar-refractivity contribution is -0.147. The van der Waals surface area contributed by atoms with E-state index >= 15 is 0 Å². The highest BCUT2D eigenvalue weighted by molar-refractivity contribution is 5.96. The Morgan fingerprint density at radius 2 is 2.11 bits per heavy atom. The van der Waals surface area contributed by atoms with E-state index in [0.717, 1.165) is 0 Å². The summed E-state index contributed by atoms with van der Waals surface area (Å²) in [5, 5.41) is 9.14. The highest BCUT2D eigenvalue weighted by Crippen LogP contribution is 2.31. The Kier molecular flexibility index (Phi) is 3.30. The first-order valence-electron chi connectivity index (χ1n) is 6.13. The van der Waals surface area contributed by atoms with Crippen LogP contribution in [-0.2, 0) is 4.79 Å². The van der Waals surface area contributed by atoms with Crippen LogP contribution >= 0.6 is 0 Å². The average Bonchev–Trinajstić information content (AvgIpc) is 2.76. The first kappa shape index (κ1) is 13.5. The van der Waals surface area contributed by atoms with Crippen LogP contribution in [0.2, 0.25) is 0 Å². The Morgan fingerprint density at radius 3 is 2.68 bits per heavy atom. The lowest BCUT2D eigenvalue weighted by Gasteiger charge is -2.21. The molecule has 1 amide bonds. The maximum absolute atomic E-state index is 13.4. The van der Waals surface area contributed by atoms with Gasteiger partial charge in [-0.2, -0.15) is 0 Å². The second kappa shape index (κ2) is 4.64. The molecule has 1 aromatic rings. The highest BCUT2D eigenvalue weighted by atomic mass is 19.1. The minimum atomic E-state index is -0.906. The molecule has 0 spiro atoms. The van der Waals surface area contributed by atoms with Gasteiger partial charge in [-0.3, -0.25) is 9.59 Å². The molecule has 4 nitrogen and oxygen atoms in total. The summed E-state index contributed by atoms with van der Waals surface area (Å²) in [5.41, 5.74) is -0.303. The van der Waals surface area contributed by atoms with E-state index < -0.39 is 17.2 Å². The summed E-state index contributed by atoms with van der Waals surface area (Å²) < 4.78 is 13.4. The average molecular weight is 265 g/mol. The van der Waals surface area contributed by atoms with Crippen LogP contribution in [0, 0.1) is 18.2 Å². The molecule has 1 aliphatic rings. The summed E-state index contributed by atoms with van der Waals surface area (Å²) in [4.78, 5) is 24.9. The summed E-state index contributed by atoms with van der Waals surface area (Å²) in [6, 6.07) is 4.36. The molecular weight excluding hydrogens is 249 g/mol. The number of aliphatic carboxylic acids is 1. The minimum Gasteiger partial charge on any atom is -0.481 e. The van der Waals surface area contributed by atoms with Crippen LogP contribution in [0.25, 0.3) is 0 Å². The van der Waals surface area contributed by atoms with E-state index in [4.69, 9.17) is 5.11 Å². The summed E-state index contributed by atoms with van der Waals surface area (Å²) in [6.07, 6.45) is 0.419. The van der Waals surface area contributed by atoms with Gasteiger partial charge < -0.3 is 10.0 Å². The Hall–Kier alpha value is -1.91. The fourth-order valence-corrected chi connectivity index (χ4v) is 2.32. The van der Waals surface area contributed by atoms with Gasteiger partial charge in [0, 0.05) is 18.7 Å². The lowest BCUT2D eigenvalue weighted by atomic mass is 9.90. The number of halogens is 1. The number of hydrogen-bond donors (Lipinski definition) is 1. The van der Waals surface area contributed by atoms with Crippen molar-refractivity contribution in [1.82, 2.24) is 4.90 Å². The predicted molar refractivity (Wildman–Crippen MR) is 67.4 cm³/mol. The normalized spacial score (nSPS) is 22.6. The Bertz CT molecular complexity index is 543. The maximum Gasteiger partial charge on any atom is 0.311 e. The fourth-order valence-electron chi connectivity index (χ4n) is 2.32. The van der Waals surface area contributed by atoms with Gasteiger partial charge in [-0.1, -0.05) is 6.07 Å². The zero-order valence-corrected chi connectivity index (χ0v) is 10.9. The van der Waals surface area contributed by atoms with Crippen molar-refractivity contribution in [3.63, 3.8) is 0 Å². The van der Waals surface area contributed by atoms with E-state index in [9.17, 15) is 14.0 Å². The summed E-state index contributed by atoms with van der Waals surface area (Å²) in [7, 11) is 0. The lowest BCUT2D eigenvalue weighted by Crippen LogP contribution is -2.35. The van der Waals surface area contributed by atoms with E-state index in [-0.39, 0.29) is 12.5 Å². The maximum atomic E-state index is 13.4. The van der Waals surface area contributed by atoms with Gasteiger partial charge in [0.15, 0.2) is 0 Å². The molecule has 0 radical (unpaired) electrons. The SMILES string of the molecule is Cc1c(F)cccc1C(=O)N1CCC(C)(C(=O)O)C1. The fraction of sp³-hybridized carbons (Fsp3) is 0.429. The second-order valence-electron chi connectivity index (χ2n) is 5.25. The van der Waals surface area contributed by atoms with Crippen molar-refractivity contribution >= 4 is 11.9 Å². The molecule has 1 aliphatic heterocycles. The molecule has 0 aliphatic carbocycles. The van der Waals surface area contributed by atoms with Crippen LogP contribution < -0.4 is 0 Å². The molecule has 19 heavy (non-hydrogen) atoms. The third-order valence-corrected chi connectivity index (χ3v) is 3.77. The molecule has 1 fully saturated rings. The Morgan fingerprint density at radius 1 is 1.42 bits per heavy atom. The van der Waals surface area contributed by atoms with E-state index in [0.29, 0.717) is 24.1 Å². The van der Waals surface area contributed by atoms with Crippen LogP contribution in [0.15, 0.2) is 18.2 Å². The molecule has 0 aromatic heterocycles. The van der Waals surface area contributed by atoms with Crippen molar-refractivity contribution < 1.29 is 19.1 Å². The number of hydrogen-bond acceptors (Lipinski definition) is 2. The van der Waals surface area contributed by atoms with Crippen molar-refractivity contribution in [2.24, 2.45) is 5.41 Å². The van der Waals surface area contributed by atoms with Crippen molar-refractivity contribution in [3.8, 4) is 0 Å². The van der Waals surface area contributed by atoms with Gasteiger partial charge >= 0.3 is 5.97 Å². The number of carbonyl (C=O) groups is 2. The van der Waals surface area contributed by atoms with Crippen molar-refractivity contribution in [2.45, 2.75) is 20.3 Å². The van der Waals surface area contributed by atoms with Gasteiger partial charge in [0.05, 0.1) is 5.41 Å². The smallest absolute Gasteiger partial charge is 0.311 e. The number of rotatable bonds is 2. The van der Waals surface area contributed by atoms with Crippen LogP contribution in [0.3, 0.4) is 0 Å². The van der Waals surface area contributed by atoms with Gasteiger partial charge in [-0.15, -0.1) is 0 Å². The first-order valence-corrected chi connectivity index (χ1v) is 6.13. The summed E-state index contributed by atoms with van der Waals surface area (Å²) in [6.45, 7) is 3.73. The van der Waals surface area contributed by atoms with E-state index in [1.807, 2.05) is 0 Å². The first-order chi connectivity index (χ1) is 8.85.